The van der Waals surface area contributed by atoms with Gasteiger partial charge in [0.05, 0.1) is 5.71 Å². The quantitative estimate of drug-likeness (QED) is 0.538. The van der Waals surface area contributed by atoms with Crippen LogP contribution in [0.15, 0.2) is 35.5 Å². The van der Waals surface area contributed by atoms with E-state index in [1.807, 2.05) is 0 Å². The molecule has 2 rings (SSSR count). The highest BCUT2D eigenvalue weighted by atomic mass is 16.6. The van der Waals surface area contributed by atoms with Crippen LogP contribution in [0.3, 0.4) is 0 Å². The van der Waals surface area contributed by atoms with Gasteiger partial charge in [0.2, 0.25) is 0 Å². The summed E-state index contributed by atoms with van der Waals surface area (Å²) in [4.78, 5) is 7.88. The molecule has 0 radical (unpaired) electrons. The van der Waals surface area contributed by atoms with E-state index in [1.165, 1.54) is 17.7 Å². The lowest BCUT2D eigenvalue weighted by atomic mass is 9.63. The number of hydrogen-bond donors (Lipinski definition) is 0. The van der Waals surface area contributed by atoms with Crippen LogP contribution in [0.2, 0.25) is 0 Å². The zero-order valence-corrected chi connectivity index (χ0v) is 16.1. The van der Waals surface area contributed by atoms with Gasteiger partial charge in [0, 0.05) is 12.5 Å². The first-order chi connectivity index (χ1) is 11.4. The summed E-state index contributed by atoms with van der Waals surface area (Å²) in [6.45, 7) is 8.85. The molecule has 1 aromatic carbocycles. The molecule has 0 saturated heterocycles. The highest BCUT2D eigenvalue weighted by molar-refractivity contribution is 5.88. The fraction of sp³-hybridized carbons (Fsp3) is 0.667. The first-order valence-electron chi connectivity index (χ1n) is 9.26. The molecule has 1 aromatic rings. The van der Waals surface area contributed by atoms with E-state index in [0.717, 1.165) is 25.8 Å². The lowest BCUT2D eigenvalue weighted by molar-refractivity contribution is 0.121. The van der Waals surface area contributed by atoms with Crippen LogP contribution >= 0.6 is 0 Å². The van der Waals surface area contributed by atoms with Crippen molar-refractivity contribution in [1.29, 1.82) is 0 Å². The van der Waals surface area contributed by atoms with Crippen LogP contribution in [0.4, 0.5) is 0 Å². The predicted molar refractivity (Wildman–Crippen MR) is 102 cm³/mol. The molecule has 0 aromatic heterocycles. The van der Waals surface area contributed by atoms with Crippen molar-refractivity contribution in [2.24, 2.45) is 22.4 Å². The van der Waals surface area contributed by atoms with Crippen molar-refractivity contribution in [2.45, 2.75) is 46.5 Å². The second kappa shape index (κ2) is 8.66. The standard InChI is InChI=1S/C21H34N2O/c1-17-14-20(22-24-13-9-12-23(4)5)19(21(2,3)16-17)15-18-10-7-6-8-11-18/h6-8,10-11,17,19H,9,12-16H2,1-5H3/b22-20+. The van der Waals surface area contributed by atoms with Crippen molar-refractivity contribution >= 4 is 5.71 Å². The van der Waals surface area contributed by atoms with E-state index >= 15 is 0 Å². The minimum atomic E-state index is 0.263. The van der Waals surface area contributed by atoms with Gasteiger partial charge in [0.15, 0.2) is 0 Å². The van der Waals surface area contributed by atoms with Crippen LogP contribution < -0.4 is 0 Å². The number of benzene rings is 1. The molecule has 3 nitrogen and oxygen atoms in total. The van der Waals surface area contributed by atoms with Gasteiger partial charge >= 0.3 is 0 Å². The van der Waals surface area contributed by atoms with Crippen molar-refractivity contribution in [2.75, 3.05) is 27.2 Å². The summed E-state index contributed by atoms with van der Waals surface area (Å²) in [6.07, 6.45) is 4.39. The van der Waals surface area contributed by atoms with E-state index < -0.39 is 0 Å². The summed E-state index contributed by atoms with van der Waals surface area (Å²) in [5, 5.41) is 4.60. The average molecular weight is 331 g/mol. The van der Waals surface area contributed by atoms with Crippen LogP contribution in [0.5, 0.6) is 0 Å². The summed E-state index contributed by atoms with van der Waals surface area (Å²) in [5.41, 5.74) is 2.91. The molecule has 0 amide bonds. The van der Waals surface area contributed by atoms with Crippen LogP contribution in [-0.4, -0.2) is 37.9 Å². The van der Waals surface area contributed by atoms with Gasteiger partial charge in [0.25, 0.3) is 0 Å². The number of oxime groups is 1. The number of hydrogen-bond acceptors (Lipinski definition) is 3. The van der Waals surface area contributed by atoms with E-state index in [2.05, 4.69) is 75.3 Å². The second-order valence-corrected chi connectivity index (χ2v) is 8.32. The van der Waals surface area contributed by atoms with E-state index in [0.29, 0.717) is 18.4 Å². The first-order valence-corrected chi connectivity index (χ1v) is 9.26. The molecule has 2 unspecified atom stereocenters. The molecule has 0 heterocycles. The largest absolute Gasteiger partial charge is 0.396 e. The molecule has 24 heavy (non-hydrogen) atoms. The molecule has 1 fully saturated rings. The van der Waals surface area contributed by atoms with Crippen molar-refractivity contribution in [3.8, 4) is 0 Å². The highest BCUT2D eigenvalue weighted by Gasteiger charge is 2.39. The molecule has 134 valence electrons. The zero-order valence-electron chi connectivity index (χ0n) is 16.1. The fourth-order valence-corrected chi connectivity index (χ4v) is 3.98. The Bertz CT molecular complexity index is 522. The SMILES string of the molecule is CC1C/C(=N\OCCCN(C)C)C(Cc2ccccc2)C(C)(C)C1. The van der Waals surface area contributed by atoms with Gasteiger partial charge in [-0.2, -0.15) is 0 Å². The maximum atomic E-state index is 5.69. The maximum absolute atomic E-state index is 5.69. The lowest BCUT2D eigenvalue weighted by Gasteiger charge is -2.42. The van der Waals surface area contributed by atoms with E-state index in [4.69, 9.17) is 4.84 Å². The van der Waals surface area contributed by atoms with E-state index in [1.54, 1.807) is 0 Å². The normalized spacial score (nSPS) is 25.2. The molecule has 0 aliphatic heterocycles. The summed E-state index contributed by atoms with van der Waals surface area (Å²) < 4.78 is 0. The predicted octanol–water partition coefficient (Wildman–Crippen LogP) is 4.63. The maximum Gasteiger partial charge on any atom is 0.118 e. The number of rotatable bonds is 7. The Morgan fingerprint density at radius 1 is 1.21 bits per heavy atom. The van der Waals surface area contributed by atoms with E-state index in [-0.39, 0.29) is 5.41 Å². The third kappa shape index (κ3) is 5.62. The third-order valence-corrected chi connectivity index (χ3v) is 5.08. The Labute approximate surface area is 148 Å². The third-order valence-electron chi connectivity index (χ3n) is 5.08. The topological polar surface area (TPSA) is 24.8 Å². The Balaban J connectivity index is 2.05. The second-order valence-electron chi connectivity index (χ2n) is 8.32. The van der Waals surface area contributed by atoms with Gasteiger partial charge in [-0.05, 0) is 56.7 Å². The summed E-state index contributed by atoms with van der Waals surface area (Å²) in [6, 6.07) is 10.8. The van der Waals surface area contributed by atoms with Gasteiger partial charge in [-0.3, -0.25) is 0 Å². The molecule has 0 N–H and O–H groups in total. The van der Waals surface area contributed by atoms with Gasteiger partial charge in [-0.1, -0.05) is 56.3 Å². The Hall–Kier alpha value is -1.35. The Kier molecular flexibility index (Phi) is 6.85. The highest BCUT2D eigenvalue weighted by Crippen LogP contribution is 2.43. The zero-order chi connectivity index (χ0) is 17.6. The molecular formula is C21H34N2O. The molecule has 1 saturated carbocycles. The van der Waals surface area contributed by atoms with Crippen LogP contribution in [0.25, 0.3) is 0 Å². The molecule has 0 spiro atoms. The monoisotopic (exact) mass is 330 g/mol. The van der Waals surface area contributed by atoms with Gasteiger partial charge in [0.1, 0.15) is 6.61 Å². The van der Waals surface area contributed by atoms with Crippen LogP contribution in [0.1, 0.15) is 45.6 Å². The molecule has 1 aliphatic carbocycles. The van der Waals surface area contributed by atoms with Gasteiger partial charge in [-0.25, -0.2) is 0 Å². The molecule has 1 aliphatic rings. The van der Waals surface area contributed by atoms with Crippen molar-refractivity contribution in [3.05, 3.63) is 35.9 Å². The molecule has 0 bridgehead atoms. The fourth-order valence-electron chi connectivity index (χ4n) is 3.98. The van der Waals surface area contributed by atoms with Crippen molar-refractivity contribution in [3.63, 3.8) is 0 Å². The summed E-state index contributed by atoms with van der Waals surface area (Å²) >= 11 is 0. The first kappa shape index (κ1) is 19.0. The Morgan fingerprint density at radius 2 is 1.92 bits per heavy atom. The van der Waals surface area contributed by atoms with Crippen molar-refractivity contribution < 1.29 is 4.84 Å². The van der Waals surface area contributed by atoms with Crippen LogP contribution in [-0.2, 0) is 11.3 Å². The minimum Gasteiger partial charge on any atom is -0.396 e. The molecule has 3 heteroatoms. The number of nitrogens with zero attached hydrogens (tertiary/aromatic N) is 2. The molecular weight excluding hydrogens is 296 g/mol. The minimum absolute atomic E-state index is 0.263. The smallest absolute Gasteiger partial charge is 0.118 e. The molecule has 2 atom stereocenters. The summed E-state index contributed by atoms with van der Waals surface area (Å²) in [7, 11) is 4.18. The van der Waals surface area contributed by atoms with Crippen molar-refractivity contribution in [1.82, 2.24) is 4.90 Å². The Morgan fingerprint density at radius 3 is 2.58 bits per heavy atom. The summed E-state index contributed by atoms with van der Waals surface area (Å²) in [5.74, 6) is 1.14. The average Bonchev–Trinajstić information content (AvgIpc) is 2.50. The van der Waals surface area contributed by atoms with Crippen LogP contribution in [0, 0.1) is 17.3 Å². The van der Waals surface area contributed by atoms with Gasteiger partial charge < -0.3 is 9.74 Å². The van der Waals surface area contributed by atoms with E-state index in [9.17, 15) is 0 Å². The van der Waals surface area contributed by atoms with Gasteiger partial charge in [-0.15, -0.1) is 0 Å². The lowest BCUT2D eigenvalue weighted by Crippen LogP contribution is -2.40.